The molecule has 2 aromatic heterocycles. The van der Waals surface area contributed by atoms with E-state index in [0.717, 1.165) is 16.9 Å². The van der Waals surface area contributed by atoms with Crippen molar-refractivity contribution in [3.05, 3.63) is 70.7 Å². The minimum absolute atomic E-state index is 0.0963. The zero-order valence-electron chi connectivity index (χ0n) is 15.1. The van der Waals surface area contributed by atoms with Crippen molar-refractivity contribution in [3.63, 3.8) is 0 Å². The second kappa shape index (κ2) is 6.49. The molecule has 1 aliphatic rings. The molecule has 1 aliphatic heterocycles. The number of rotatable bonds is 3. The van der Waals surface area contributed by atoms with Crippen molar-refractivity contribution in [2.75, 3.05) is 13.1 Å². The Balaban J connectivity index is 1.39. The number of H-pyrrole nitrogens is 1. The molecule has 0 bridgehead atoms. The minimum atomic E-state index is -0.0963. The van der Waals surface area contributed by atoms with Crippen LogP contribution in [0.1, 0.15) is 27.9 Å². The van der Waals surface area contributed by atoms with Crippen molar-refractivity contribution in [1.82, 2.24) is 20.0 Å². The lowest BCUT2D eigenvalue weighted by Gasteiger charge is -2.38. The van der Waals surface area contributed by atoms with Gasteiger partial charge >= 0.3 is 0 Å². The number of halogens is 1. The Morgan fingerprint density at radius 1 is 1.18 bits per heavy atom. The van der Waals surface area contributed by atoms with Gasteiger partial charge in [0.1, 0.15) is 22.8 Å². The van der Waals surface area contributed by atoms with Crippen LogP contribution in [0.2, 0.25) is 5.02 Å². The number of hydrogen-bond donors (Lipinski definition) is 1. The fourth-order valence-electron chi connectivity index (χ4n) is 3.60. The minimum Gasteiger partial charge on any atom is -0.360 e. The van der Waals surface area contributed by atoms with Gasteiger partial charge in [-0.3, -0.25) is 4.79 Å². The molecule has 1 saturated heterocycles. The fraction of sp³-hybridized carbons (Fsp3) is 0.190. The predicted octanol–water partition coefficient (Wildman–Crippen LogP) is 4.42. The zero-order valence-corrected chi connectivity index (χ0v) is 15.9. The number of amides is 1. The van der Waals surface area contributed by atoms with Crippen LogP contribution in [0.25, 0.3) is 22.3 Å². The number of nitrogens with zero attached hydrogens (tertiary/aromatic N) is 3. The Kier molecular flexibility index (Phi) is 3.94. The van der Waals surface area contributed by atoms with Gasteiger partial charge in [-0.1, -0.05) is 47.1 Å². The number of benzene rings is 2. The van der Waals surface area contributed by atoms with Gasteiger partial charge in [-0.15, -0.1) is 0 Å². The fourth-order valence-corrected chi connectivity index (χ4v) is 3.83. The lowest BCUT2D eigenvalue weighted by molar-refractivity contribution is 0.0594. The van der Waals surface area contributed by atoms with Gasteiger partial charge in [0.05, 0.1) is 22.0 Å². The molecule has 3 heterocycles. The van der Waals surface area contributed by atoms with Crippen molar-refractivity contribution in [3.8, 4) is 11.3 Å². The summed E-state index contributed by atoms with van der Waals surface area (Å²) in [4.78, 5) is 22.9. The molecule has 4 aromatic rings. The summed E-state index contributed by atoms with van der Waals surface area (Å²) in [7, 11) is 0. The van der Waals surface area contributed by atoms with Crippen LogP contribution in [0.15, 0.2) is 53.1 Å². The summed E-state index contributed by atoms with van der Waals surface area (Å²) in [6, 6.07) is 15.2. The molecule has 6 nitrogen and oxygen atoms in total. The summed E-state index contributed by atoms with van der Waals surface area (Å²) in [6.07, 6.45) is 0. The third-order valence-corrected chi connectivity index (χ3v) is 5.50. The van der Waals surface area contributed by atoms with E-state index in [9.17, 15) is 4.79 Å². The maximum absolute atomic E-state index is 13.1. The highest BCUT2D eigenvalue weighted by molar-refractivity contribution is 6.33. The predicted molar refractivity (Wildman–Crippen MR) is 106 cm³/mol. The van der Waals surface area contributed by atoms with Crippen molar-refractivity contribution in [1.29, 1.82) is 0 Å². The van der Waals surface area contributed by atoms with E-state index in [0.29, 0.717) is 40.7 Å². The van der Waals surface area contributed by atoms with Crippen LogP contribution in [0, 0.1) is 6.92 Å². The Bertz CT molecular complexity index is 1160. The molecule has 0 saturated carbocycles. The Morgan fingerprint density at radius 2 is 1.93 bits per heavy atom. The van der Waals surface area contributed by atoms with Crippen LogP contribution in [0.3, 0.4) is 0 Å². The molecular formula is C21H17ClN4O2. The van der Waals surface area contributed by atoms with Crippen LogP contribution in [-0.4, -0.2) is 39.0 Å². The average molecular weight is 393 g/mol. The summed E-state index contributed by atoms with van der Waals surface area (Å²) < 4.78 is 5.32. The molecule has 0 aliphatic carbocycles. The largest absolute Gasteiger partial charge is 0.360 e. The second-order valence-corrected chi connectivity index (χ2v) is 7.40. The summed E-state index contributed by atoms with van der Waals surface area (Å²) in [5.74, 6) is 1.51. The van der Waals surface area contributed by atoms with E-state index >= 15 is 0 Å². The van der Waals surface area contributed by atoms with Crippen LogP contribution < -0.4 is 0 Å². The van der Waals surface area contributed by atoms with Gasteiger partial charge in [-0.2, -0.15) is 0 Å². The Morgan fingerprint density at radius 3 is 2.71 bits per heavy atom. The monoisotopic (exact) mass is 392 g/mol. The third kappa shape index (κ3) is 2.68. The highest BCUT2D eigenvalue weighted by Gasteiger charge is 2.37. The SMILES string of the molecule is Cc1onc(-c2ccccc2Cl)c1C(=O)N1CC(c2nc3ccccc3[nH]2)C1. The molecule has 1 N–H and O–H groups in total. The number of hydrogen-bond acceptors (Lipinski definition) is 4. The molecule has 0 unspecified atom stereocenters. The number of carbonyl (C=O) groups is 1. The molecular weight excluding hydrogens is 376 g/mol. The summed E-state index contributed by atoms with van der Waals surface area (Å²) in [5, 5.41) is 4.62. The van der Waals surface area contributed by atoms with E-state index in [1.807, 2.05) is 42.5 Å². The highest BCUT2D eigenvalue weighted by Crippen LogP contribution is 2.34. The average Bonchev–Trinajstić information content (AvgIpc) is 3.24. The number of para-hydroxylation sites is 2. The number of nitrogens with one attached hydrogen (secondary N) is 1. The Labute approximate surface area is 166 Å². The van der Waals surface area contributed by atoms with E-state index < -0.39 is 0 Å². The first-order valence-corrected chi connectivity index (χ1v) is 9.44. The number of fused-ring (bicyclic) bond motifs is 1. The molecule has 7 heteroatoms. The first-order valence-electron chi connectivity index (χ1n) is 9.07. The maximum Gasteiger partial charge on any atom is 0.259 e. The maximum atomic E-state index is 13.1. The first kappa shape index (κ1) is 17.0. The van der Waals surface area contributed by atoms with E-state index in [1.54, 1.807) is 17.9 Å². The van der Waals surface area contributed by atoms with E-state index in [1.165, 1.54) is 0 Å². The van der Waals surface area contributed by atoms with Crippen LogP contribution >= 0.6 is 11.6 Å². The highest BCUT2D eigenvalue weighted by atomic mass is 35.5. The molecule has 0 radical (unpaired) electrons. The van der Waals surface area contributed by atoms with E-state index in [-0.39, 0.29) is 11.8 Å². The number of imidazole rings is 1. The topological polar surface area (TPSA) is 75.0 Å². The van der Waals surface area contributed by atoms with Crippen LogP contribution in [0.5, 0.6) is 0 Å². The quantitative estimate of drug-likeness (QED) is 0.560. The number of likely N-dealkylation sites (tertiary alicyclic amines) is 1. The van der Waals surface area contributed by atoms with Crippen molar-refractivity contribution >= 4 is 28.5 Å². The summed E-state index contributed by atoms with van der Waals surface area (Å²) >= 11 is 6.30. The van der Waals surface area contributed by atoms with Crippen molar-refractivity contribution in [2.24, 2.45) is 0 Å². The second-order valence-electron chi connectivity index (χ2n) is 6.99. The molecule has 1 amide bonds. The normalized spacial score (nSPS) is 14.4. The summed E-state index contributed by atoms with van der Waals surface area (Å²) in [6.45, 7) is 2.95. The zero-order chi connectivity index (χ0) is 19.3. The van der Waals surface area contributed by atoms with E-state index in [4.69, 9.17) is 16.1 Å². The van der Waals surface area contributed by atoms with Gasteiger partial charge in [0.25, 0.3) is 5.91 Å². The number of aromatic amines is 1. The van der Waals surface area contributed by atoms with Gasteiger partial charge in [0.2, 0.25) is 0 Å². The van der Waals surface area contributed by atoms with Gasteiger partial charge in [0.15, 0.2) is 0 Å². The molecule has 2 aromatic carbocycles. The van der Waals surface area contributed by atoms with Gasteiger partial charge in [-0.25, -0.2) is 4.98 Å². The number of carbonyl (C=O) groups excluding carboxylic acids is 1. The van der Waals surface area contributed by atoms with Gasteiger partial charge in [-0.05, 0) is 25.1 Å². The lowest BCUT2D eigenvalue weighted by Crippen LogP contribution is -2.49. The first-order chi connectivity index (χ1) is 13.6. The Hall–Kier alpha value is -3.12. The van der Waals surface area contributed by atoms with Crippen LogP contribution in [0.4, 0.5) is 0 Å². The summed E-state index contributed by atoms with van der Waals surface area (Å²) in [5.41, 5.74) is 3.60. The smallest absolute Gasteiger partial charge is 0.259 e. The molecule has 0 spiro atoms. The third-order valence-electron chi connectivity index (χ3n) is 5.17. The van der Waals surface area contributed by atoms with Gasteiger partial charge in [0, 0.05) is 18.7 Å². The lowest BCUT2D eigenvalue weighted by atomic mass is 9.96. The molecule has 0 atom stereocenters. The van der Waals surface area contributed by atoms with Gasteiger partial charge < -0.3 is 14.4 Å². The standard InChI is InChI=1S/C21H17ClN4O2/c1-12-18(19(25-28-12)14-6-2-3-7-15(14)22)21(27)26-10-13(11-26)20-23-16-8-4-5-9-17(16)24-20/h2-9,13H,10-11H2,1H3,(H,23,24). The number of aromatic nitrogens is 3. The number of aryl methyl sites for hydroxylation is 1. The van der Waals surface area contributed by atoms with Crippen molar-refractivity contribution in [2.45, 2.75) is 12.8 Å². The van der Waals surface area contributed by atoms with Crippen molar-refractivity contribution < 1.29 is 9.32 Å². The van der Waals surface area contributed by atoms with E-state index in [2.05, 4.69) is 15.1 Å². The molecule has 5 rings (SSSR count). The molecule has 1 fully saturated rings. The molecule has 28 heavy (non-hydrogen) atoms. The molecule has 140 valence electrons. The van der Waals surface area contributed by atoms with Crippen LogP contribution in [-0.2, 0) is 0 Å².